The molecule has 0 bridgehead atoms. The van der Waals surface area contributed by atoms with Crippen LogP contribution in [0.4, 0.5) is 0 Å². The summed E-state index contributed by atoms with van der Waals surface area (Å²) in [5, 5.41) is 2.41. The van der Waals surface area contributed by atoms with Gasteiger partial charge in [-0.05, 0) is 23.3 Å². The Morgan fingerprint density at radius 1 is 0.920 bits per heavy atom. The molecule has 0 radical (unpaired) electrons. The highest BCUT2D eigenvalue weighted by molar-refractivity contribution is 7.86. The zero-order valence-electron chi connectivity index (χ0n) is 13.6. The topological polar surface area (TPSA) is 59.3 Å². The van der Waals surface area contributed by atoms with Crippen molar-refractivity contribution in [3.8, 4) is 0 Å². The molecule has 0 saturated heterocycles. The fraction of sp³-hybridized carbons (Fsp3) is 0.150. The van der Waals surface area contributed by atoms with Gasteiger partial charge in [0.15, 0.2) is 0 Å². The van der Waals surface area contributed by atoms with Crippen molar-refractivity contribution in [2.24, 2.45) is 0 Å². The number of carbonyl (C=O) groups is 1. The van der Waals surface area contributed by atoms with Crippen LogP contribution in [0.15, 0.2) is 83.5 Å². The molecule has 1 heterocycles. The van der Waals surface area contributed by atoms with Crippen LogP contribution in [0.2, 0.25) is 0 Å². The maximum atomic E-state index is 12.9. The summed E-state index contributed by atoms with van der Waals surface area (Å²) in [6, 6.07) is 22.8. The summed E-state index contributed by atoms with van der Waals surface area (Å²) in [4.78, 5) is 12.2. The zero-order chi connectivity index (χ0) is 17.5. The number of rotatable bonds is 7. The number of furan rings is 1. The van der Waals surface area contributed by atoms with E-state index in [1.165, 1.54) is 0 Å². The summed E-state index contributed by atoms with van der Waals surface area (Å²) >= 11 is 0. The Labute approximate surface area is 149 Å². The molecule has 2 aromatic carbocycles. The average Bonchev–Trinajstić information content (AvgIpc) is 3.16. The second-order valence-electron chi connectivity index (χ2n) is 5.58. The van der Waals surface area contributed by atoms with Crippen molar-refractivity contribution in [2.45, 2.75) is 11.8 Å². The van der Waals surface area contributed by atoms with Crippen molar-refractivity contribution < 1.29 is 13.4 Å². The summed E-state index contributed by atoms with van der Waals surface area (Å²) in [5.74, 6) is 0.350. The van der Waals surface area contributed by atoms with Crippen LogP contribution in [-0.2, 0) is 22.1 Å². The van der Waals surface area contributed by atoms with Gasteiger partial charge in [-0.3, -0.25) is 9.00 Å². The van der Waals surface area contributed by atoms with E-state index in [9.17, 15) is 9.00 Å². The molecule has 0 spiro atoms. The molecule has 0 aliphatic rings. The van der Waals surface area contributed by atoms with Crippen molar-refractivity contribution in [3.63, 3.8) is 0 Å². The van der Waals surface area contributed by atoms with E-state index in [0.717, 1.165) is 11.1 Å². The monoisotopic (exact) mass is 353 g/mol. The van der Waals surface area contributed by atoms with Crippen LogP contribution in [0.3, 0.4) is 0 Å². The van der Waals surface area contributed by atoms with Gasteiger partial charge in [-0.1, -0.05) is 60.7 Å². The first-order valence-electron chi connectivity index (χ1n) is 8.00. The molecular formula is C20H19NO3S. The molecule has 3 rings (SSSR count). The van der Waals surface area contributed by atoms with E-state index < -0.39 is 10.8 Å². The summed E-state index contributed by atoms with van der Waals surface area (Å²) < 4.78 is 18.1. The van der Waals surface area contributed by atoms with Gasteiger partial charge in [-0.15, -0.1) is 0 Å². The first kappa shape index (κ1) is 17.2. The Balaban J connectivity index is 1.72. The summed E-state index contributed by atoms with van der Waals surface area (Å²) in [6.07, 6.45) is 1.56. The molecule has 1 aromatic heterocycles. The highest BCUT2D eigenvalue weighted by Gasteiger charge is 2.23. The highest BCUT2D eigenvalue weighted by Crippen LogP contribution is 2.28. The lowest BCUT2D eigenvalue weighted by Gasteiger charge is -2.17. The minimum atomic E-state index is -1.38. The van der Waals surface area contributed by atoms with Gasteiger partial charge in [0.2, 0.25) is 5.91 Å². The Bertz CT molecular complexity index is 777. The predicted molar refractivity (Wildman–Crippen MR) is 98.3 cm³/mol. The average molecular weight is 353 g/mol. The Kier molecular flexibility index (Phi) is 5.80. The van der Waals surface area contributed by atoms with Gasteiger partial charge in [0.1, 0.15) is 11.5 Å². The van der Waals surface area contributed by atoms with Crippen LogP contribution in [0.5, 0.6) is 0 Å². The summed E-state index contributed by atoms with van der Waals surface area (Å²) in [6.45, 7) is 0.296. The van der Waals surface area contributed by atoms with E-state index >= 15 is 0 Å². The molecule has 0 aliphatic carbocycles. The Morgan fingerprint density at radius 2 is 1.52 bits per heavy atom. The molecule has 1 N–H and O–H groups in total. The van der Waals surface area contributed by atoms with Crippen molar-refractivity contribution in [1.29, 1.82) is 0 Å². The molecule has 1 atom stereocenters. The minimum absolute atomic E-state index is 0.0604. The smallest absolute Gasteiger partial charge is 0.233 e. The normalized spacial score (nSPS) is 12.0. The molecule has 0 aliphatic heterocycles. The van der Waals surface area contributed by atoms with Crippen molar-refractivity contribution in [3.05, 3.63) is 95.9 Å². The molecule has 1 amide bonds. The molecule has 5 heteroatoms. The van der Waals surface area contributed by atoms with Crippen LogP contribution >= 0.6 is 0 Å². The van der Waals surface area contributed by atoms with E-state index in [2.05, 4.69) is 5.32 Å². The maximum Gasteiger partial charge on any atom is 0.233 e. The second-order valence-corrected chi connectivity index (χ2v) is 7.10. The van der Waals surface area contributed by atoms with Gasteiger partial charge in [-0.25, -0.2) is 0 Å². The second kappa shape index (κ2) is 8.44. The zero-order valence-corrected chi connectivity index (χ0v) is 14.4. The van der Waals surface area contributed by atoms with E-state index in [1.54, 1.807) is 18.4 Å². The number of nitrogens with one attached hydrogen (secondary N) is 1. The van der Waals surface area contributed by atoms with E-state index in [4.69, 9.17) is 4.42 Å². The standard InChI is InChI=1S/C20H19NO3S/c22-19(21-14-18-12-7-13-24-18)15-25(23)20(16-8-3-1-4-9-16)17-10-5-2-6-11-17/h1-13,20H,14-15H2,(H,21,22). The number of hydrogen-bond acceptors (Lipinski definition) is 3. The molecule has 0 fully saturated rings. The number of hydrogen-bond donors (Lipinski definition) is 1. The van der Waals surface area contributed by atoms with Crippen LogP contribution in [0, 0.1) is 0 Å². The lowest BCUT2D eigenvalue weighted by atomic mass is 10.0. The molecular weight excluding hydrogens is 334 g/mol. The number of benzene rings is 2. The third-order valence-corrected chi connectivity index (χ3v) is 5.40. The number of amides is 1. The molecule has 3 aromatic rings. The lowest BCUT2D eigenvalue weighted by molar-refractivity contribution is -0.118. The first-order chi connectivity index (χ1) is 12.2. The largest absolute Gasteiger partial charge is 0.467 e. The van der Waals surface area contributed by atoms with Gasteiger partial charge >= 0.3 is 0 Å². The van der Waals surface area contributed by atoms with E-state index in [1.807, 2.05) is 60.7 Å². The van der Waals surface area contributed by atoms with Gasteiger partial charge in [-0.2, -0.15) is 0 Å². The van der Waals surface area contributed by atoms with Crippen LogP contribution in [0.25, 0.3) is 0 Å². The highest BCUT2D eigenvalue weighted by atomic mass is 32.2. The fourth-order valence-corrected chi connectivity index (χ4v) is 4.06. The van der Waals surface area contributed by atoms with E-state index in [-0.39, 0.29) is 16.9 Å². The van der Waals surface area contributed by atoms with Crippen LogP contribution < -0.4 is 5.32 Å². The molecule has 4 nitrogen and oxygen atoms in total. The van der Waals surface area contributed by atoms with Gasteiger partial charge in [0, 0.05) is 10.8 Å². The quantitative estimate of drug-likeness (QED) is 0.708. The third kappa shape index (κ3) is 4.67. The van der Waals surface area contributed by atoms with E-state index in [0.29, 0.717) is 12.3 Å². The summed E-state index contributed by atoms with van der Waals surface area (Å²) in [7, 11) is -1.38. The maximum absolute atomic E-state index is 12.9. The predicted octanol–water partition coefficient (Wildman–Crippen LogP) is 3.43. The molecule has 0 saturated carbocycles. The van der Waals surface area contributed by atoms with Crippen molar-refractivity contribution in [1.82, 2.24) is 5.32 Å². The lowest BCUT2D eigenvalue weighted by Crippen LogP contribution is -2.29. The minimum Gasteiger partial charge on any atom is -0.467 e. The molecule has 1 unspecified atom stereocenters. The fourth-order valence-electron chi connectivity index (χ4n) is 2.61. The first-order valence-corrected chi connectivity index (χ1v) is 9.38. The van der Waals surface area contributed by atoms with Crippen molar-refractivity contribution in [2.75, 3.05) is 5.75 Å². The van der Waals surface area contributed by atoms with Crippen LogP contribution in [0.1, 0.15) is 22.1 Å². The molecule has 128 valence electrons. The Hall–Kier alpha value is -2.66. The Morgan fingerprint density at radius 3 is 2.04 bits per heavy atom. The van der Waals surface area contributed by atoms with Gasteiger partial charge in [0.05, 0.1) is 18.1 Å². The SMILES string of the molecule is O=C(CS(=O)C(c1ccccc1)c1ccccc1)NCc1ccco1. The number of carbonyl (C=O) groups excluding carboxylic acids is 1. The van der Waals surface area contributed by atoms with Gasteiger partial charge < -0.3 is 9.73 Å². The van der Waals surface area contributed by atoms with Crippen LogP contribution in [-0.4, -0.2) is 15.9 Å². The van der Waals surface area contributed by atoms with Gasteiger partial charge in [0.25, 0.3) is 0 Å². The third-order valence-electron chi connectivity index (χ3n) is 3.78. The van der Waals surface area contributed by atoms with Crippen molar-refractivity contribution >= 4 is 16.7 Å². The summed E-state index contributed by atoms with van der Waals surface area (Å²) in [5.41, 5.74) is 1.87. The molecule has 25 heavy (non-hydrogen) atoms.